The summed E-state index contributed by atoms with van der Waals surface area (Å²) in [6, 6.07) is 11.1. The second kappa shape index (κ2) is 8.53. The normalized spacial score (nSPS) is 19.1. The molecule has 0 saturated carbocycles. The number of nitrogens with two attached hydrogens (primary N) is 1. The maximum atomic E-state index is 14.1. The lowest BCUT2D eigenvalue weighted by atomic mass is 9.99. The van der Waals surface area contributed by atoms with Gasteiger partial charge in [-0.15, -0.1) is 10.2 Å². The predicted octanol–water partition coefficient (Wildman–Crippen LogP) is 4.34. The number of benzene rings is 2. The number of nitrogens with zero attached hydrogens (tertiary/aromatic N) is 3. The zero-order valence-electron chi connectivity index (χ0n) is 16.3. The molecule has 3 aromatic rings. The summed E-state index contributed by atoms with van der Waals surface area (Å²) in [5, 5.41) is 12.4. The number of hydrogen-bond acceptors (Lipinski definition) is 7. The molecular formula is C21H21F2N5OS. The molecular weight excluding hydrogens is 408 g/mol. The molecule has 0 radical (unpaired) electrons. The minimum absolute atomic E-state index is 0.170. The number of hydrogen-bond donors (Lipinski definition) is 2. The van der Waals surface area contributed by atoms with Gasteiger partial charge < -0.3 is 10.2 Å². The van der Waals surface area contributed by atoms with E-state index in [1.807, 2.05) is 24.3 Å². The molecule has 2 unspecified atom stereocenters. The van der Waals surface area contributed by atoms with Crippen LogP contribution in [0.4, 0.5) is 8.78 Å². The summed E-state index contributed by atoms with van der Waals surface area (Å²) in [7, 11) is 0. The molecule has 2 aromatic carbocycles. The quantitative estimate of drug-likeness (QED) is 0.581. The van der Waals surface area contributed by atoms with Crippen LogP contribution in [0.5, 0.6) is 0 Å². The second-order valence-corrected chi connectivity index (χ2v) is 8.24. The highest BCUT2D eigenvalue weighted by atomic mass is 32.2. The molecule has 9 heteroatoms. The lowest BCUT2D eigenvalue weighted by Crippen LogP contribution is -2.33. The molecule has 0 fully saturated rings. The molecule has 0 amide bonds. The van der Waals surface area contributed by atoms with Crippen LogP contribution in [0.3, 0.4) is 0 Å². The van der Waals surface area contributed by atoms with Crippen molar-refractivity contribution < 1.29 is 13.2 Å². The number of thioether (sulfide) groups is 1. The number of aromatic nitrogens is 2. The van der Waals surface area contributed by atoms with Gasteiger partial charge in [-0.2, -0.15) is 5.10 Å². The molecule has 0 saturated heterocycles. The largest absolute Gasteiger partial charge is 0.420 e. The minimum atomic E-state index is -0.582. The van der Waals surface area contributed by atoms with Crippen LogP contribution >= 0.6 is 11.8 Å². The Balaban J connectivity index is 1.62. The molecule has 3 N–H and O–H groups in total. The number of halogens is 2. The average Bonchev–Trinajstić information content (AvgIpc) is 3.44. The fourth-order valence-corrected chi connectivity index (χ4v) is 4.34. The summed E-state index contributed by atoms with van der Waals surface area (Å²) in [4.78, 5) is -0.393. The second-order valence-electron chi connectivity index (χ2n) is 7.10. The van der Waals surface area contributed by atoms with Crippen LogP contribution in [0, 0.1) is 11.6 Å². The smallest absolute Gasteiger partial charge is 0.247 e. The molecule has 2 heterocycles. The Morgan fingerprint density at radius 2 is 2.07 bits per heavy atom. The van der Waals surface area contributed by atoms with Crippen molar-refractivity contribution in [2.45, 2.75) is 30.6 Å². The van der Waals surface area contributed by atoms with E-state index < -0.39 is 22.4 Å². The fraction of sp³-hybridized carbons (Fsp3) is 0.286. The van der Waals surface area contributed by atoms with Gasteiger partial charge in [0.05, 0.1) is 11.5 Å². The summed E-state index contributed by atoms with van der Waals surface area (Å²) in [6.07, 6.45) is 1.65. The Kier molecular flexibility index (Phi) is 5.83. The van der Waals surface area contributed by atoms with Crippen molar-refractivity contribution >= 4 is 17.3 Å². The van der Waals surface area contributed by atoms with E-state index in [2.05, 4.69) is 20.7 Å². The van der Waals surface area contributed by atoms with Crippen molar-refractivity contribution in [3.05, 3.63) is 71.1 Å². The van der Waals surface area contributed by atoms with Crippen LogP contribution in [0.25, 0.3) is 11.5 Å². The predicted molar refractivity (Wildman–Crippen MR) is 113 cm³/mol. The van der Waals surface area contributed by atoms with Crippen LogP contribution in [0.1, 0.15) is 42.7 Å². The van der Waals surface area contributed by atoms with Crippen molar-refractivity contribution in [2.75, 3.05) is 6.54 Å². The highest BCUT2D eigenvalue weighted by molar-refractivity contribution is 8.13. The van der Waals surface area contributed by atoms with E-state index in [0.29, 0.717) is 12.4 Å². The minimum Gasteiger partial charge on any atom is -0.420 e. The van der Waals surface area contributed by atoms with Gasteiger partial charge in [-0.3, -0.25) is 5.43 Å². The van der Waals surface area contributed by atoms with Crippen LogP contribution in [0.2, 0.25) is 0 Å². The number of hydrazone groups is 1. The monoisotopic (exact) mass is 429 g/mol. The maximum Gasteiger partial charge on any atom is 0.247 e. The Bertz CT molecular complexity index is 1060. The summed E-state index contributed by atoms with van der Waals surface area (Å²) in [5.74, 6) is -1.08. The van der Waals surface area contributed by atoms with Gasteiger partial charge in [0.1, 0.15) is 16.5 Å². The van der Waals surface area contributed by atoms with E-state index in [-0.39, 0.29) is 11.5 Å². The van der Waals surface area contributed by atoms with Crippen molar-refractivity contribution in [3.8, 4) is 11.5 Å². The van der Waals surface area contributed by atoms with Crippen molar-refractivity contribution in [3.63, 3.8) is 0 Å². The first-order valence-corrected chi connectivity index (χ1v) is 10.5. The van der Waals surface area contributed by atoms with Gasteiger partial charge in [0.2, 0.25) is 11.8 Å². The molecule has 6 nitrogen and oxygen atoms in total. The van der Waals surface area contributed by atoms with Gasteiger partial charge in [0.25, 0.3) is 0 Å². The highest BCUT2D eigenvalue weighted by Gasteiger charge is 2.35. The van der Waals surface area contributed by atoms with Crippen LogP contribution in [0.15, 0.2) is 52.0 Å². The lowest BCUT2D eigenvalue weighted by molar-refractivity contribution is 0.464. The first-order valence-electron chi connectivity index (χ1n) is 9.58. The Morgan fingerprint density at radius 3 is 2.83 bits per heavy atom. The van der Waals surface area contributed by atoms with E-state index in [4.69, 9.17) is 10.2 Å². The molecule has 4 rings (SSSR count). The van der Waals surface area contributed by atoms with Gasteiger partial charge in [-0.25, -0.2) is 8.78 Å². The SMILES string of the molecule is CC(c1nnc(-c2cccc(C3(CCCN)NN=CS3)c2)o1)c1cc(F)ccc1F. The van der Waals surface area contributed by atoms with Gasteiger partial charge in [-0.05, 0) is 62.2 Å². The number of nitrogens with one attached hydrogen (secondary N) is 1. The lowest BCUT2D eigenvalue weighted by Gasteiger charge is -2.28. The molecule has 0 aliphatic carbocycles. The Hall–Kier alpha value is -2.78. The van der Waals surface area contributed by atoms with Gasteiger partial charge >= 0.3 is 0 Å². The molecule has 156 valence electrons. The van der Waals surface area contributed by atoms with E-state index in [1.165, 1.54) is 0 Å². The summed E-state index contributed by atoms with van der Waals surface area (Å²) < 4.78 is 33.5. The molecule has 0 spiro atoms. The molecule has 30 heavy (non-hydrogen) atoms. The third-order valence-corrected chi connectivity index (χ3v) is 6.24. The zero-order valence-corrected chi connectivity index (χ0v) is 17.1. The van der Waals surface area contributed by atoms with E-state index in [0.717, 1.165) is 42.2 Å². The summed E-state index contributed by atoms with van der Waals surface area (Å²) in [5.41, 5.74) is 12.6. The van der Waals surface area contributed by atoms with E-state index >= 15 is 0 Å². The van der Waals surface area contributed by atoms with Crippen LogP contribution in [-0.2, 0) is 4.87 Å². The fourth-order valence-electron chi connectivity index (χ4n) is 3.43. The van der Waals surface area contributed by atoms with E-state index in [9.17, 15) is 8.78 Å². The standard InChI is InChI=1S/C21H21F2N5OS/c1-13(17-11-16(22)6-7-18(17)23)19-26-27-20(29-19)14-4-2-5-15(10-14)21(8-3-9-24)28-25-12-30-21/h2,4-7,10-13,28H,3,8-9,24H2,1H3. The summed E-state index contributed by atoms with van der Waals surface area (Å²) in [6.45, 7) is 2.29. The molecule has 2 atom stereocenters. The molecule has 1 aliphatic rings. The van der Waals surface area contributed by atoms with Crippen molar-refractivity contribution in [2.24, 2.45) is 10.8 Å². The average molecular weight is 429 g/mol. The first-order chi connectivity index (χ1) is 14.5. The summed E-state index contributed by atoms with van der Waals surface area (Å²) >= 11 is 1.59. The van der Waals surface area contributed by atoms with Crippen molar-refractivity contribution in [1.29, 1.82) is 0 Å². The van der Waals surface area contributed by atoms with Gasteiger partial charge in [0, 0.05) is 11.1 Å². The molecule has 1 aliphatic heterocycles. The number of rotatable bonds is 7. The van der Waals surface area contributed by atoms with Gasteiger partial charge in [0.15, 0.2) is 0 Å². The van der Waals surface area contributed by atoms with Crippen molar-refractivity contribution in [1.82, 2.24) is 15.6 Å². The first kappa shape index (κ1) is 20.5. The molecule has 1 aromatic heterocycles. The maximum absolute atomic E-state index is 14.1. The van der Waals surface area contributed by atoms with E-state index in [1.54, 1.807) is 24.2 Å². The van der Waals surface area contributed by atoms with Crippen LogP contribution < -0.4 is 11.2 Å². The Morgan fingerprint density at radius 1 is 1.20 bits per heavy atom. The van der Waals surface area contributed by atoms with Gasteiger partial charge in [-0.1, -0.05) is 23.9 Å². The topological polar surface area (TPSA) is 89.3 Å². The molecule has 0 bridgehead atoms. The van der Waals surface area contributed by atoms with Crippen LogP contribution in [-0.4, -0.2) is 22.3 Å². The highest BCUT2D eigenvalue weighted by Crippen LogP contribution is 2.41. The third kappa shape index (κ3) is 3.95. The Labute approximate surface area is 177 Å². The zero-order chi connectivity index (χ0) is 21.1. The third-order valence-electron chi connectivity index (χ3n) is 5.10.